The number of carbonyl (C=O) groups excluding carboxylic acids is 2. The molecule has 0 aliphatic carbocycles. The normalized spacial score (nSPS) is 13.0. The van der Waals surface area contributed by atoms with Crippen LogP contribution in [0.5, 0.6) is 5.75 Å². The molecule has 0 spiro atoms. The van der Waals surface area contributed by atoms with E-state index in [1.807, 2.05) is 0 Å². The Balaban J connectivity index is 0.000000364. The number of benzene rings is 1. The minimum absolute atomic E-state index is 0. The maximum absolute atomic E-state index is 10.8. The summed E-state index contributed by atoms with van der Waals surface area (Å²) in [5, 5.41) is 17.1. The summed E-state index contributed by atoms with van der Waals surface area (Å²) in [6, 6.07) is 5.36. The van der Waals surface area contributed by atoms with Gasteiger partial charge in [-0.3, -0.25) is 9.59 Å². The highest BCUT2D eigenvalue weighted by atomic mass is 16.4. The zero-order chi connectivity index (χ0) is 15.1. The second-order valence-corrected chi connectivity index (χ2v) is 4.24. The molecule has 0 atom stereocenters. The van der Waals surface area contributed by atoms with Gasteiger partial charge in [0.25, 0.3) is 0 Å². The number of hydrogen-bond donors (Lipinski definition) is 3. The molecule has 1 aliphatic rings. The van der Waals surface area contributed by atoms with E-state index < -0.39 is 11.9 Å². The third-order valence-electron chi connectivity index (χ3n) is 2.63. The average molecular weight is 298 g/mol. The summed E-state index contributed by atoms with van der Waals surface area (Å²) >= 11 is 0. The highest BCUT2D eigenvalue weighted by Crippen LogP contribution is 2.09. The smallest absolute Gasteiger partial charge is 0.335 e. The Bertz CT molecular complexity index is 500. The van der Waals surface area contributed by atoms with Gasteiger partial charge < -0.3 is 26.3 Å². The lowest BCUT2D eigenvalue weighted by Gasteiger charge is -2.11. The van der Waals surface area contributed by atoms with Gasteiger partial charge in [-0.1, -0.05) is 0 Å². The highest BCUT2D eigenvalue weighted by Gasteiger charge is 2.20. The molecule has 0 bridgehead atoms. The zero-order valence-electron chi connectivity index (χ0n) is 11.3. The molecule has 0 saturated carbocycles. The van der Waals surface area contributed by atoms with Gasteiger partial charge >= 0.3 is 5.97 Å². The van der Waals surface area contributed by atoms with Gasteiger partial charge in [0.05, 0.1) is 12.1 Å². The molecule has 6 N–H and O–H groups in total. The maximum atomic E-state index is 10.8. The Labute approximate surface area is 121 Å². The first kappa shape index (κ1) is 18.4. The number of primary amides is 1. The topological polar surface area (TPSA) is 152 Å². The number of phenols is 1. The average Bonchev–Trinajstić information content (AvgIpc) is 2.75. The van der Waals surface area contributed by atoms with Crippen LogP contribution in [0.1, 0.15) is 23.2 Å². The van der Waals surface area contributed by atoms with Crippen LogP contribution in [0.3, 0.4) is 0 Å². The molecule has 0 unspecified atom stereocenters. The molecule has 2 rings (SSSR count). The van der Waals surface area contributed by atoms with Crippen LogP contribution in [0.15, 0.2) is 24.3 Å². The van der Waals surface area contributed by atoms with Crippen LogP contribution in [0, 0.1) is 0 Å². The molecular formula is C13H18N2O6. The molecule has 1 heterocycles. The van der Waals surface area contributed by atoms with Crippen LogP contribution in [0.4, 0.5) is 0 Å². The van der Waals surface area contributed by atoms with Crippen molar-refractivity contribution in [1.82, 2.24) is 4.90 Å². The Morgan fingerprint density at radius 2 is 1.81 bits per heavy atom. The molecule has 0 aromatic heterocycles. The molecule has 1 aromatic rings. The van der Waals surface area contributed by atoms with Crippen molar-refractivity contribution in [1.29, 1.82) is 0 Å². The summed E-state index contributed by atoms with van der Waals surface area (Å²) in [4.78, 5) is 32.9. The Hall–Kier alpha value is -2.61. The quantitative estimate of drug-likeness (QED) is 0.677. The number of aromatic hydroxyl groups is 1. The predicted molar refractivity (Wildman–Crippen MR) is 73.7 cm³/mol. The van der Waals surface area contributed by atoms with Gasteiger partial charge in [-0.05, 0) is 30.7 Å². The summed E-state index contributed by atoms with van der Waals surface area (Å²) in [6.45, 7) is 0.764. The highest BCUT2D eigenvalue weighted by molar-refractivity contribution is 5.87. The van der Waals surface area contributed by atoms with Crippen LogP contribution < -0.4 is 5.73 Å². The first-order valence-corrected chi connectivity index (χ1v) is 5.98. The summed E-state index contributed by atoms with van der Waals surface area (Å²) in [7, 11) is 0. The molecule has 1 saturated heterocycles. The summed E-state index contributed by atoms with van der Waals surface area (Å²) in [5.41, 5.74) is 5.08. The first-order chi connectivity index (χ1) is 9.40. The third-order valence-corrected chi connectivity index (χ3v) is 2.63. The Morgan fingerprint density at radius 3 is 2.19 bits per heavy atom. The number of nitrogens with two attached hydrogens (primary N) is 1. The largest absolute Gasteiger partial charge is 0.508 e. The second-order valence-electron chi connectivity index (χ2n) is 4.24. The van der Waals surface area contributed by atoms with Crippen molar-refractivity contribution in [3.8, 4) is 5.75 Å². The van der Waals surface area contributed by atoms with Crippen LogP contribution >= 0.6 is 0 Å². The van der Waals surface area contributed by atoms with E-state index in [0.29, 0.717) is 13.0 Å². The number of carboxylic acid groups (broad SMARTS) is 1. The fraction of sp³-hybridized carbons (Fsp3) is 0.308. The lowest BCUT2D eigenvalue weighted by molar-refractivity contribution is -0.132. The van der Waals surface area contributed by atoms with E-state index in [1.165, 1.54) is 29.2 Å². The van der Waals surface area contributed by atoms with E-state index in [0.717, 1.165) is 6.42 Å². The van der Waals surface area contributed by atoms with Crippen LogP contribution in [0.25, 0.3) is 0 Å². The fourth-order valence-corrected chi connectivity index (χ4v) is 1.66. The predicted octanol–water partition coefficient (Wildman–Crippen LogP) is -0.640. The van der Waals surface area contributed by atoms with Gasteiger partial charge in [-0.2, -0.15) is 0 Å². The van der Waals surface area contributed by atoms with E-state index in [2.05, 4.69) is 0 Å². The molecule has 8 heteroatoms. The van der Waals surface area contributed by atoms with E-state index in [-0.39, 0.29) is 29.2 Å². The molecule has 116 valence electrons. The molecule has 1 fully saturated rings. The van der Waals surface area contributed by atoms with Crippen molar-refractivity contribution in [2.75, 3.05) is 13.1 Å². The van der Waals surface area contributed by atoms with E-state index >= 15 is 0 Å². The van der Waals surface area contributed by atoms with Gasteiger partial charge in [0.2, 0.25) is 11.8 Å². The number of rotatable bonds is 3. The zero-order valence-corrected chi connectivity index (χ0v) is 11.3. The SMILES string of the molecule is NC(=O)CN1CCCC1=O.O.O=C(O)c1ccc(O)cc1. The standard InChI is InChI=1S/C7H6O3.C6H10N2O2.H2O/c8-6-3-1-5(2-4-6)7(9)10;7-5(9)4-8-3-1-2-6(8)10;/h1-4,8H,(H,9,10);1-4H2,(H2,7,9);1H2. The third kappa shape index (κ3) is 6.39. The van der Waals surface area contributed by atoms with E-state index in [4.69, 9.17) is 15.9 Å². The van der Waals surface area contributed by atoms with E-state index in [1.54, 1.807) is 0 Å². The van der Waals surface area contributed by atoms with Crippen molar-refractivity contribution in [3.63, 3.8) is 0 Å². The second kappa shape index (κ2) is 8.54. The monoisotopic (exact) mass is 298 g/mol. The number of carbonyl (C=O) groups is 3. The van der Waals surface area contributed by atoms with Crippen molar-refractivity contribution < 1.29 is 30.1 Å². The number of hydrogen-bond acceptors (Lipinski definition) is 4. The molecule has 8 nitrogen and oxygen atoms in total. The summed E-state index contributed by atoms with van der Waals surface area (Å²) in [5.74, 6) is -1.31. The molecule has 0 radical (unpaired) electrons. The summed E-state index contributed by atoms with van der Waals surface area (Å²) in [6.07, 6.45) is 1.42. The van der Waals surface area contributed by atoms with Gasteiger partial charge in [-0.15, -0.1) is 0 Å². The minimum Gasteiger partial charge on any atom is -0.508 e. The lowest BCUT2D eigenvalue weighted by atomic mass is 10.2. The van der Waals surface area contributed by atoms with Gasteiger partial charge in [-0.25, -0.2) is 4.79 Å². The first-order valence-electron chi connectivity index (χ1n) is 5.98. The Kier molecular flexibility index (Phi) is 7.48. The Morgan fingerprint density at radius 1 is 1.24 bits per heavy atom. The molecular weight excluding hydrogens is 280 g/mol. The van der Waals surface area contributed by atoms with E-state index in [9.17, 15) is 14.4 Å². The van der Waals surface area contributed by atoms with Crippen molar-refractivity contribution in [3.05, 3.63) is 29.8 Å². The van der Waals surface area contributed by atoms with Crippen LogP contribution in [-0.2, 0) is 9.59 Å². The number of nitrogens with zero attached hydrogens (tertiary/aromatic N) is 1. The number of carboxylic acids is 1. The molecule has 1 aliphatic heterocycles. The van der Waals surface area contributed by atoms with Crippen LogP contribution in [-0.4, -0.2) is 51.5 Å². The van der Waals surface area contributed by atoms with Gasteiger partial charge in [0.15, 0.2) is 0 Å². The van der Waals surface area contributed by atoms with Crippen LogP contribution in [0.2, 0.25) is 0 Å². The molecule has 1 aromatic carbocycles. The number of amides is 2. The molecule has 2 amide bonds. The van der Waals surface area contributed by atoms with Crippen molar-refractivity contribution in [2.45, 2.75) is 12.8 Å². The molecule has 21 heavy (non-hydrogen) atoms. The minimum atomic E-state index is -0.986. The van der Waals surface area contributed by atoms with Crippen molar-refractivity contribution >= 4 is 17.8 Å². The number of phenolic OH excluding ortho intramolecular Hbond substituents is 1. The fourth-order valence-electron chi connectivity index (χ4n) is 1.66. The number of likely N-dealkylation sites (tertiary alicyclic amines) is 1. The summed E-state index contributed by atoms with van der Waals surface area (Å²) < 4.78 is 0. The van der Waals surface area contributed by atoms with Crippen molar-refractivity contribution in [2.24, 2.45) is 5.73 Å². The number of aromatic carboxylic acids is 1. The lowest BCUT2D eigenvalue weighted by Crippen LogP contribution is -2.34. The maximum Gasteiger partial charge on any atom is 0.335 e. The van der Waals surface area contributed by atoms with Gasteiger partial charge in [0, 0.05) is 13.0 Å². The van der Waals surface area contributed by atoms with Gasteiger partial charge in [0.1, 0.15) is 5.75 Å².